The van der Waals surface area contributed by atoms with Crippen molar-refractivity contribution in [2.75, 3.05) is 11.5 Å². The van der Waals surface area contributed by atoms with E-state index in [1.807, 2.05) is 31.2 Å². The molecule has 1 aliphatic rings. The number of benzene rings is 1. The molecule has 0 unspecified atom stereocenters. The molecule has 2 rings (SSSR count). The summed E-state index contributed by atoms with van der Waals surface area (Å²) in [6.45, 7) is 2.02. The fourth-order valence-corrected chi connectivity index (χ4v) is 3.55. The standard InChI is InChI=1S/C15H19NO3S/c1-11-2-4-12(5-3-11)6-7-13(17)16-15(14(18)19)8-9-20-10-15/h2-5H,6-10H2,1H3,(H,16,17)(H,18,19)/t15-/m1/s1. The number of carbonyl (C=O) groups is 2. The van der Waals surface area contributed by atoms with E-state index in [1.54, 1.807) is 11.8 Å². The van der Waals surface area contributed by atoms with E-state index in [4.69, 9.17) is 0 Å². The lowest BCUT2D eigenvalue weighted by molar-refractivity contribution is -0.146. The maximum Gasteiger partial charge on any atom is 0.330 e. The van der Waals surface area contributed by atoms with E-state index in [-0.39, 0.29) is 5.91 Å². The van der Waals surface area contributed by atoms with E-state index in [2.05, 4.69) is 5.32 Å². The Hall–Kier alpha value is -1.49. The number of carboxylic acid groups (broad SMARTS) is 1. The van der Waals surface area contributed by atoms with Crippen LogP contribution >= 0.6 is 11.8 Å². The van der Waals surface area contributed by atoms with Crippen LogP contribution in [-0.2, 0) is 16.0 Å². The van der Waals surface area contributed by atoms with Gasteiger partial charge in [0.2, 0.25) is 5.91 Å². The lowest BCUT2D eigenvalue weighted by Crippen LogP contribution is -2.54. The van der Waals surface area contributed by atoms with Crippen LogP contribution in [0.25, 0.3) is 0 Å². The zero-order chi connectivity index (χ0) is 14.6. The molecule has 20 heavy (non-hydrogen) atoms. The van der Waals surface area contributed by atoms with Crippen LogP contribution in [0.2, 0.25) is 0 Å². The summed E-state index contributed by atoms with van der Waals surface area (Å²) in [4.78, 5) is 23.3. The van der Waals surface area contributed by atoms with Gasteiger partial charge in [-0.15, -0.1) is 0 Å². The maximum atomic E-state index is 12.0. The van der Waals surface area contributed by atoms with Crippen molar-refractivity contribution in [2.45, 2.75) is 31.7 Å². The third-order valence-corrected chi connectivity index (χ3v) is 4.76. The van der Waals surface area contributed by atoms with E-state index in [9.17, 15) is 14.7 Å². The van der Waals surface area contributed by atoms with Crippen LogP contribution < -0.4 is 5.32 Å². The molecule has 1 fully saturated rings. The molecule has 1 aromatic carbocycles. The van der Waals surface area contributed by atoms with Crippen LogP contribution in [0.3, 0.4) is 0 Å². The first-order valence-corrected chi connectivity index (χ1v) is 7.85. The van der Waals surface area contributed by atoms with Gasteiger partial charge in [-0.05, 0) is 31.1 Å². The Morgan fingerprint density at radius 1 is 1.35 bits per heavy atom. The molecular weight excluding hydrogens is 274 g/mol. The summed E-state index contributed by atoms with van der Waals surface area (Å²) < 4.78 is 0. The van der Waals surface area contributed by atoms with Crippen molar-refractivity contribution in [3.63, 3.8) is 0 Å². The first-order valence-electron chi connectivity index (χ1n) is 6.69. The molecule has 2 N–H and O–H groups in total. The zero-order valence-electron chi connectivity index (χ0n) is 11.5. The molecule has 5 heteroatoms. The normalized spacial score (nSPS) is 21.6. The number of nitrogens with one attached hydrogen (secondary N) is 1. The largest absolute Gasteiger partial charge is 0.479 e. The third-order valence-electron chi connectivity index (χ3n) is 3.57. The quantitative estimate of drug-likeness (QED) is 0.871. The number of hydrogen-bond donors (Lipinski definition) is 2. The van der Waals surface area contributed by atoms with E-state index < -0.39 is 11.5 Å². The van der Waals surface area contributed by atoms with Gasteiger partial charge in [-0.3, -0.25) is 4.79 Å². The van der Waals surface area contributed by atoms with Gasteiger partial charge < -0.3 is 10.4 Å². The van der Waals surface area contributed by atoms with Crippen LogP contribution in [-0.4, -0.2) is 34.0 Å². The molecule has 0 bridgehead atoms. The lowest BCUT2D eigenvalue weighted by atomic mass is 9.98. The average molecular weight is 293 g/mol. The van der Waals surface area contributed by atoms with Gasteiger partial charge in [-0.25, -0.2) is 4.79 Å². The van der Waals surface area contributed by atoms with Gasteiger partial charge in [0.15, 0.2) is 0 Å². The number of aryl methyl sites for hydroxylation is 2. The molecule has 4 nitrogen and oxygen atoms in total. The van der Waals surface area contributed by atoms with E-state index in [0.717, 1.165) is 11.3 Å². The van der Waals surface area contributed by atoms with Crippen LogP contribution in [0.1, 0.15) is 24.0 Å². The number of rotatable bonds is 5. The summed E-state index contributed by atoms with van der Waals surface area (Å²) in [5, 5.41) is 12.0. The average Bonchev–Trinajstić information content (AvgIpc) is 2.88. The molecule has 1 heterocycles. The predicted octanol–water partition coefficient (Wildman–Crippen LogP) is 2.00. The smallest absolute Gasteiger partial charge is 0.330 e. The molecule has 1 atom stereocenters. The summed E-state index contributed by atoms with van der Waals surface area (Å²) in [5.41, 5.74) is 1.22. The van der Waals surface area contributed by atoms with Crippen LogP contribution in [0, 0.1) is 6.92 Å². The fourth-order valence-electron chi connectivity index (χ4n) is 2.23. The summed E-state index contributed by atoms with van der Waals surface area (Å²) in [6, 6.07) is 8.03. The first-order chi connectivity index (χ1) is 9.52. The molecule has 1 aliphatic heterocycles. The fraction of sp³-hybridized carbons (Fsp3) is 0.467. The second-order valence-electron chi connectivity index (χ2n) is 5.22. The summed E-state index contributed by atoms with van der Waals surface area (Å²) in [7, 11) is 0. The molecule has 0 radical (unpaired) electrons. The highest BCUT2D eigenvalue weighted by Crippen LogP contribution is 2.28. The Labute approximate surface area is 123 Å². The van der Waals surface area contributed by atoms with E-state index in [1.165, 1.54) is 5.56 Å². The molecule has 1 saturated heterocycles. The number of amides is 1. The molecule has 0 aliphatic carbocycles. The highest BCUT2D eigenvalue weighted by Gasteiger charge is 2.43. The molecule has 1 aromatic rings. The minimum absolute atomic E-state index is 0.185. The van der Waals surface area contributed by atoms with Gasteiger partial charge in [-0.1, -0.05) is 29.8 Å². The second-order valence-corrected chi connectivity index (χ2v) is 6.33. The maximum absolute atomic E-state index is 12.0. The van der Waals surface area contributed by atoms with Crippen molar-refractivity contribution in [1.29, 1.82) is 0 Å². The Morgan fingerprint density at radius 3 is 2.60 bits per heavy atom. The Kier molecular flexibility index (Phi) is 4.70. The number of carbonyl (C=O) groups excluding carboxylic acids is 1. The Morgan fingerprint density at radius 2 is 2.05 bits per heavy atom. The van der Waals surface area contributed by atoms with Crippen molar-refractivity contribution < 1.29 is 14.7 Å². The molecule has 1 amide bonds. The SMILES string of the molecule is Cc1ccc(CCC(=O)N[C@]2(C(=O)O)CCSC2)cc1. The number of thioether (sulfide) groups is 1. The first kappa shape index (κ1) is 14.9. The van der Waals surface area contributed by atoms with Gasteiger partial charge >= 0.3 is 5.97 Å². The van der Waals surface area contributed by atoms with E-state index >= 15 is 0 Å². The summed E-state index contributed by atoms with van der Waals surface area (Å²) >= 11 is 1.57. The third kappa shape index (κ3) is 3.54. The van der Waals surface area contributed by atoms with Crippen molar-refractivity contribution in [3.8, 4) is 0 Å². The van der Waals surface area contributed by atoms with Crippen molar-refractivity contribution in [1.82, 2.24) is 5.32 Å². The Balaban J connectivity index is 1.89. The molecule has 0 saturated carbocycles. The highest BCUT2D eigenvalue weighted by atomic mass is 32.2. The molecule has 0 aromatic heterocycles. The molecule has 0 spiro atoms. The lowest BCUT2D eigenvalue weighted by Gasteiger charge is -2.24. The van der Waals surface area contributed by atoms with E-state index in [0.29, 0.717) is 25.0 Å². The highest BCUT2D eigenvalue weighted by molar-refractivity contribution is 7.99. The van der Waals surface area contributed by atoms with Gasteiger partial charge in [0, 0.05) is 12.2 Å². The zero-order valence-corrected chi connectivity index (χ0v) is 12.3. The molecule has 108 valence electrons. The topological polar surface area (TPSA) is 66.4 Å². The summed E-state index contributed by atoms with van der Waals surface area (Å²) in [5.74, 6) is 0.130. The van der Waals surface area contributed by atoms with Crippen LogP contribution in [0.5, 0.6) is 0 Å². The van der Waals surface area contributed by atoms with Gasteiger partial charge in [0.05, 0.1) is 0 Å². The monoisotopic (exact) mass is 293 g/mol. The predicted molar refractivity (Wildman–Crippen MR) is 80.0 cm³/mol. The summed E-state index contributed by atoms with van der Waals surface area (Å²) in [6.07, 6.45) is 1.46. The number of aliphatic carboxylic acids is 1. The van der Waals surface area contributed by atoms with Crippen molar-refractivity contribution >= 4 is 23.6 Å². The number of hydrogen-bond acceptors (Lipinski definition) is 3. The minimum atomic E-state index is -1.06. The van der Waals surface area contributed by atoms with Crippen LogP contribution in [0.4, 0.5) is 0 Å². The molecular formula is C15H19NO3S. The van der Waals surface area contributed by atoms with Gasteiger partial charge in [-0.2, -0.15) is 11.8 Å². The van der Waals surface area contributed by atoms with Crippen LogP contribution in [0.15, 0.2) is 24.3 Å². The van der Waals surface area contributed by atoms with Gasteiger partial charge in [0.25, 0.3) is 0 Å². The second kappa shape index (κ2) is 6.31. The minimum Gasteiger partial charge on any atom is -0.479 e. The number of carboxylic acids is 1. The Bertz CT molecular complexity index is 492. The van der Waals surface area contributed by atoms with Crippen molar-refractivity contribution in [3.05, 3.63) is 35.4 Å². The van der Waals surface area contributed by atoms with Crippen molar-refractivity contribution in [2.24, 2.45) is 0 Å². The van der Waals surface area contributed by atoms with Gasteiger partial charge in [0.1, 0.15) is 5.54 Å².